The van der Waals surface area contributed by atoms with Gasteiger partial charge in [0.15, 0.2) is 0 Å². The molecular weight excluding hydrogens is 294 g/mol. The number of H-pyrrole nitrogens is 1. The van der Waals surface area contributed by atoms with Crippen molar-refractivity contribution in [3.63, 3.8) is 0 Å². The number of carbonyl (C=O) groups is 2. The number of aromatic nitrogens is 2. The lowest BCUT2D eigenvalue weighted by atomic mass is 9.93. The Bertz CT molecular complexity index is 747. The second kappa shape index (κ2) is 5.87. The molecule has 0 aliphatic carbocycles. The van der Waals surface area contributed by atoms with Crippen LogP contribution >= 0.6 is 0 Å². The van der Waals surface area contributed by atoms with Gasteiger partial charge in [0.25, 0.3) is 0 Å². The number of hydrogen-bond acceptors (Lipinski definition) is 3. The zero-order valence-electron chi connectivity index (χ0n) is 13.2. The number of rotatable bonds is 3. The third-order valence-electron chi connectivity index (χ3n) is 4.46. The molecule has 1 amide bonds. The molecule has 0 bridgehead atoms. The molecule has 6 heteroatoms. The Hall–Kier alpha value is -2.63. The largest absolute Gasteiger partial charge is 0.480 e. The van der Waals surface area contributed by atoms with Gasteiger partial charge in [-0.2, -0.15) is 5.10 Å². The number of amides is 1. The van der Waals surface area contributed by atoms with Crippen LogP contribution in [0.15, 0.2) is 24.3 Å². The van der Waals surface area contributed by atoms with E-state index in [0.717, 1.165) is 28.1 Å². The molecule has 2 heterocycles. The lowest BCUT2D eigenvalue weighted by molar-refractivity contribution is -0.151. The highest BCUT2D eigenvalue weighted by molar-refractivity contribution is 5.86. The van der Waals surface area contributed by atoms with E-state index in [9.17, 15) is 14.7 Å². The quantitative estimate of drug-likeness (QED) is 0.901. The highest BCUT2D eigenvalue weighted by atomic mass is 16.4. The summed E-state index contributed by atoms with van der Waals surface area (Å²) in [7, 11) is 0. The van der Waals surface area contributed by atoms with Crippen molar-refractivity contribution in [2.45, 2.75) is 39.3 Å². The van der Waals surface area contributed by atoms with Gasteiger partial charge in [0.2, 0.25) is 5.91 Å². The average molecular weight is 313 g/mol. The Balaban J connectivity index is 1.87. The smallest absolute Gasteiger partial charge is 0.326 e. The van der Waals surface area contributed by atoms with Gasteiger partial charge in [-0.15, -0.1) is 0 Å². The Morgan fingerprint density at radius 2 is 2.00 bits per heavy atom. The summed E-state index contributed by atoms with van der Waals surface area (Å²) in [5, 5.41) is 16.5. The van der Waals surface area contributed by atoms with Gasteiger partial charge in [0.1, 0.15) is 6.04 Å². The van der Waals surface area contributed by atoms with Crippen LogP contribution in [0.1, 0.15) is 28.1 Å². The maximum absolute atomic E-state index is 12.7. The van der Waals surface area contributed by atoms with Gasteiger partial charge in [-0.05, 0) is 25.0 Å². The van der Waals surface area contributed by atoms with Gasteiger partial charge < -0.3 is 10.0 Å². The first-order valence-electron chi connectivity index (χ1n) is 7.57. The molecule has 2 N–H and O–H groups in total. The van der Waals surface area contributed by atoms with Crippen molar-refractivity contribution in [2.24, 2.45) is 0 Å². The number of carbonyl (C=O) groups excluding carboxylic acids is 1. The van der Waals surface area contributed by atoms with E-state index in [1.54, 1.807) is 0 Å². The van der Waals surface area contributed by atoms with Crippen LogP contribution in [0, 0.1) is 13.8 Å². The number of nitrogens with zero attached hydrogens (tertiary/aromatic N) is 2. The Morgan fingerprint density at radius 1 is 1.30 bits per heavy atom. The number of nitrogens with one attached hydrogen (secondary N) is 1. The van der Waals surface area contributed by atoms with E-state index in [0.29, 0.717) is 13.0 Å². The number of fused-ring (bicyclic) bond motifs is 1. The van der Waals surface area contributed by atoms with Crippen LogP contribution < -0.4 is 0 Å². The number of benzene rings is 1. The molecule has 1 atom stereocenters. The Labute approximate surface area is 134 Å². The van der Waals surface area contributed by atoms with Crippen molar-refractivity contribution in [1.82, 2.24) is 15.1 Å². The second-order valence-electron chi connectivity index (χ2n) is 5.94. The maximum atomic E-state index is 12.7. The predicted octanol–water partition coefficient (Wildman–Crippen LogP) is 1.61. The van der Waals surface area contributed by atoms with Crippen LogP contribution in [0.25, 0.3) is 0 Å². The van der Waals surface area contributed by atoms with E-state index in [1.807, 2.05) is 38.1 Å². The average Bonchev–Trinajstić information content (AvgIpc) is 2.85. The van der Waals surface area contributed by atoms with Gasteiger partial charge in [-0.25, -0.2) is 4.79 Å². The van der Waals surface area contributed by atoms with E-state index in [2.05, 4.69) is 10.2 Å². The summed E-state index contributed by atoms with van der Waals surface area (Å²) >= 11 is 0. The summed E-state index contributed by atoms with van der Waals surface area (Å²) in [6.07, 6.45) is 0.515. The van der Waals surface area contributed by atoms with E-state index < -0.39 is 12.0 Å². The van der Waals surface area contributed by atoms with Crippen LogP contribution in [0.3, 0.4) is 0 Å². The summed E-state index contributed by atoms with van der Waals surface area (Å²) in [5.74, 6) is -1.15. The molecule has 0 radical (unpaired) electrons. The SMILES string of the molecule is Cc1n[nH]c(C)c1CC(=O)N1Cc2ccccc2C[C@H]1C(=O)O. The van der Waals surface area contributed by atoms with Crippen LogP contribution in [0.5, 0.6) is 0 Å². The van der Waals surface area contributed by atoms with Gasteiger partial charge in [-0.3, -0.25) is 9.89 Å². The Morgan fingerprint density at radius 3 is 2.61 bits per heavy atom. The van der Waals surface area contributed by atoms with E-state index in [-0.39, 0.29) is 12.3 Å². The number of hydrogen-bond donors (Lipinski definition) is 2. The standard InChI is InChI=1S/C17H19N3O3/c1-10-14(11(2)19-18-10)8-16(21)20-9-13-6-4-3-5-12(13)7-15(20)17(22)23/h3-6,15H,7-9H2,1-2H3,(H,18,19)(H,22,23)/t15-/m0/s1. The number of carboxylic acids is 1. The fraction of sp³-hybridized carbons (Fsp3) is 0.353. The molecule has 3 rings (SSSR count). The van der Waals surface area contributed by atoms with Gasteiger partial charge in [0, 0.05) is 24.2 Å². The molecule has 0 spiro atoms. The number of aryl methyl sites for hydroxylation is 2. The van der Waals surface area contributed by atoms with Crippen molar-refractivity contribution in [3.8, 4) is 0 Å². The summed E-state index contributed by atoms with van der Waals surface area (Å²) in [6, 6.07) is 6.87. The molecule has 2 aromatic rings. The van der Waals surface area contributed by atoms with E-state index >= 15 is 0 Å². The van der Waals surface area contributed by atoms with E-state index in [4.69, 9.17) is 0 Å². The highest BCUT2D eigenvalue weighted by Gasteiger charge is 2.34. The fourth-order valence-corrected chi connectivity index (χ4v) is 3.09. The Kier molecular flexibility index (Phi) is 3.90. The minimum atomic E-state index is -0.964. The third-order valence-corrected chi connectivity index (χ3v) is 4.46. The predicted molar refractivity (Wildman–Crippen MR) is 83.9 cm³/mol. The maximum Gasteiger partial charge on any atom is 0.326 e. The van der Waals surface area contributed by atoms with Crippen molar-refractivity contribution < 1.29 is 14.7 Å². The molecule has 0 unspecified atom stereocenters. The fourth-order valence-electron chi connectivity index (χ4n) is 3.09. The minimum absolute atomic E-state index is 0.167. The zero-order chi connectivity index (χ0) is 16.6. The highest BCUT2D eigenvalue weighted by Crippen LogP contribution is 2.25. The number of carboxylic acid groups (broad SMARTS) is 1. The summed E-state index contributed by atoms with van der Waals surface area (Å²) < 4.78 is 0. The molecular formula is C17H19N3O3. The minimum Gasteiger partial charge on any atom is -0.480 e. The molecule has 1 aliphatic rings. The summed E-state index contributed by atoms with van der Waals surface area (Å²) in [6.45, 7) is 4.04. The molecule has 23 heavy (non-hydrogen) atoms. The first-order chi connectivity index (χ1) is 11.0. The van der Waals surface area contributed by atoms with Gasteiger partial charge >= 0.3 is 5.97 Å². The lowest BCUT2D eigenvalue weighted by Gasteiger charge is -2.34. The molecule has 1 aliphatic heterocycles. The van der Waals surface area contributed by atoms with Crippen molar-refractivity contribution in [1.29, 1.82) is 0 Å². The molecule has 1 aromatic carbocycles. The van der Waals surface area contributed by atoms with Gasteiger partial charge in [-0.1, -0.05) is 24.3 Å². The van der Waals surface area contributed by atoms with Crippen LogP contribution in [-0.4, -0.2) is 38.1 Å². The molecule has 120 valence electrons. The third kappa shape index (κ3) is 2.84. The van der Waals surface area contributed by atoms with E-state index in [1.165, 1.54) is 4.90 Å². The van der Waals surface area contributed by atoms with Gasteiger partial charge in [0.05, 0.1) is 12.1 Å². The van der Waals surface area contributed by atoms with Crippen LogP contribution in [0.4, 0.5) is 0 Å². The normalized spacial score (nSPS) is 17.0. The summed E-state index contributed by atoms with van der Waals surface area (Å²) in [5.41, 5.74) is 4.48. The molecule has 0 saturated heterocycles. The van der Waals surface area contributed by atoms with Crippen molar-refractivity contribution in [3.05, 3.63) is 52.3 Å². The monoisotopic (exact) mass is 313 g/mol. The van der Waals surface area contributed by atoms with Crippen molar-refractivity contribution in [2.75, 3.05) is 0 Å². The number of aromatic amines is 1. The van der Waals surface area contributed by atoms with Crippen molar-refractivity contribution >= 4 is 11.9 Å². The first-order valence-corrected chi connectivity index (χ1v) is 7.57. The first kappa shape index (κ1) is 15.3. The molecule has 0 fully saturated rings. The topological polar surface area (TPSA) is 86.3 Å². The second-order valence-corrected chi connectivity index (χ2v) is 5.94. The number of aliphatic carboxylic acids is 1. The molecule has 6 nitrogen and oxygen atoms in total. The summed E-state index contributed by atoms with van der Waals surface area (Å²) in [4.78, 5) is 25.8. The lowest BCUT2D eigenvalue weighted by Crippen LogP contribution is -2.49. The van der Waals surface area contributed by atoms with Crippen LogP contribution in [0.2, 0.25) is 0 Å². The molecule has 0 saturated carbocycles. The molecule has 1 aromatic heterocycles. The zero-order valence-corrected chi connectivity index (χ0v) is 13.2. The van der Waals surface area contributed by atoms with Crippen LogP contribution in [-0.2, 0) is 29.0 Å².